The first-order valence-corrected chi connectivity index (χ1v) is 13.1. The van der Waals surface area contributed by atoms with Crippen LogP contribution in [-0.2, 0) is 4.84 Å². The predicted octanol–water partition coefficient (Wildman–Crippen LogP) is 8.11. The molecule has 0 amide bonds. The van der Waals surface area contributed by atoms with Gasteiger partial charge in [-0.3, -0.25) is 0 Å². The van der Waals surface area contributed by atoms with Crippen molar-refractivity contribution in [1.29, 1.82) is 0 Å². The highest BCUT2D eigenvalue weighted by molar-refractivity contribution is 6.55. The number of hydrogen-bond donors (Lipinski definition) is 0. The average Bonchev–Trinajstić information content (AvgIpc) is 2.89. The summed E-state index contributed by atoms with van der Waals surface area (Å²) in [6.45, 7) is 3.51. The zero-order valence-corrected chi connectivity index (χ0v) is 23.2. The van der Waals surface area contributed by atoms with Crippen molar-refractivity contribution in [3.05, 3.63) is 92.5 Å². The van der Waals surface area contributed by atoms with Crippen molar-refractivity contribution in [2.75, 3.05) is 26.4 Å². The molecule has 0 saturated carbocycles. The van der Waals surface area contributed by atoms with Gasteiger partial charge in [-0.25, -0.2) is 4.98 Å². The van der Waals surface area contributed by atoms with Crippen LogP contribution in [0.3, 0.4) is 0 Å². The summed E-state index contributed by atoms with van der Waals surface area (Å²) in [4.78, 5) is 9.84. The minimum atomic E-state index is 0.119. The van der Waals surface area contributed by atoms with Crippen LogP contribution in [0.4, 0.5) is 0 Å². The molecule has 0 aliphatic heterocycles. The number of benzene rings is 2. The molecule has 1 heterocycles. The summed E-state index contributed by atoms with van der Waals surface area (Å²) >= 11 is 23.7. The van der Waals surface area contributed by atoms with Gasteiger partial charge in [0, 0.05) is 41.9 Å². The maximum Gasteiger partial charge on any atom is 0.213 e. The highest BCUT2D eigenvalue weighted by atomic mass is 35.5. The summed E-state index contributed by atoms with van der Waals surface area (Å²) in [6.07, 6.45) is 4.69. The Balaban J connectivity index is 1.50. The Morgan fingerprint density at radius 1 is 0.892 bits per heavy atom. The molecule has 0 radical (unpaired) electrons. The summed E-state index contributed by atoms with van der Waals surface area (Å²) in [7, 11) is 0. The van der Waals surface area contributed by atoms with Gasteiger partial charge in [0.05, 0.1) is 23.3 Å². The number of oxime groups is 1. The lowest BCUT2D eigenvalue weighted by atomic mass is 10.0. The maximum absolute atomic E-state index is 6.29. The molecule has 3 aromatic rings. The lowest BCUT2D eigenvalue weighted by Gasteiger charge is -2.12. The quantitative estimate of drug-likeness (QED) is 0.109. The molecule has 0 unspecified atom stereocenters. The van der Waals surface area contributed by atoms with Crippen molar-refractivity contribution in [3.8, 4) is 17.4 Å². The molecule has 10 heteroatoms. The molecular formula is C27H26Cl4N2O4. The summed E-state index contributed by atoms with van der Waals surface area (Å²) in [6, 6.07) is 16.8. The van der Waals surface area contributed by atoms with Crippen molar-refractivity contribution in [3.63, 3.8) is 0 Å². The van der Waals surface area contributed by atoms with Crippen molar-refractivity contribution >= 4 is 52.1 Å². The second kappa shape index (κ2) is 15.6. The average molecular weight is 584 g/mol. The second-order valence-electron chi connectivity index (χ2n) is 7.60. The van der Waals surface area contributed by atoms with Crippen LogP contribution in [0.25, 0.3) is 0 Å². The number of aromatic nitrogens is 1. The Morgan fingerprint density at radius 2 is 1.62 bits per heavy atom. The fourth-order valence-electron chi connectivity index (χ4n) is 3.04. The van der Waals surface area contributed by atoms with Crippen molar-refractivity contribution < 1.29 is 19.0 Å². The molecule has 0 saturated heterocycles. The molecule has 3 rings (SSSR count). The Morgan fingerprint density at radius 3 is 2.27 bits per heavy atom. The van der Waals surface area contributed by atoms with Crippen molar-refractivity contribution in [2.45, 2.75) is 19.8 Å². The predicted molar refractivity (Wildman–Crippen MR) is 150 cm³/mol. The van der Waals surface area contributed by atoms with E-state index in [0.717, 1.165) is 17.5 Å². The number of halogens is 4. The standard InChI is InChI=1S/C27H26Cl4N2O4/c1-2-12-37-33-26(19-7-4-3-5-8-19)20-9-10-25(32-18-20)35-13-6-14-36-27-22(28)16-21(17-23(27)29)34-15-11-24(30)31/h3-5,7-11,16-18H,2,6,12-15H2,1H3. The van der Waals surface area contributed by atoms with E-state index in [9.17, 15) is 0 Å². The van der Waals surface area contributed by atoms with Gasteiger partial charge in [0.25, 0.3) is 0 Å². The fraction of sp³-hybridized carbons (Fsp3) is 0.259. The van der Waals surface area contributed by atoms with Crippen molar-refractivity contribution in [1.82, 2.24) is 4.98 Å². The van der Waals surface area contributed by atoms with Crippen LogP contribution in [0, 0.1) is 0 Å². The molecule has 37 heavy (non-hydrogen) atoms. The molecule has 0 fully saturated rings. The number of hydrogen-bond acceptors (Lipinski definition) is 6. The van der Waals surface area contributed by atoms with Crippen LogP contribution >= 0.6 is 46.4 Å². The highest BCUT2D eigenvalue weighted by Gasteiger charge is 2.12. The largest absolute Gasteiger partial charge is 0.490 e. The topological polar surface area (TPSA) is 62.2 Å². The minimum Gasteiger partial charge on any atom is -0.490 e. The number of ether oxygens (including phenoxy) is 3. The van der Waals surface area contributed by atoms with Gasteiger partial charge >= 0.3 is 0 Å². The van der Waals surface area contributed by atoms with Gasteiger partial charge in [-0.2, -0.15) is 0 Å². The van der Waals surface area contributed by atoms with E-state index in [1.54, 1.807) is 24.4 Å². The third-order valence-electron chi connectivity index (χ3n) is 4.75. The number of rotatable bonds is 14. The fourth-order valence-corrected chi connectivity index (χ4v) is 3.75. The van der Waals surface area contributed by atoms with Gasteiger partial charge < -0.3 is 19.0 Å². The monoisotopic (exact) mass is 582 g/mol. The van der Waals surface area contributed by atoms with Crippen LogP contribution in [0.2, 0.25) is 10.0 Å². The summed E-state index contributed by atoms with van der Waals surface area (Å²) in [5, 5.41) is 4.98. The summed E-state index contributed by atoms with van der Waals surface area (Å²) < 4.78 is 17.1. The zero-order chi connectivity index (χ0) is 26.5. The van der Waals surface area contributed by atoms with Gasteiger partial charge in [0.1, 0.15) is 29.2 Å². The van der Waals surface area contributed by atoms with E-state index >= 15 is 0 Å². The van der Waals surface area contributed by atoms with Crippen molar-refractivity contribution in [2.24, 2.45) is 5.16 Å². The third kappa shape index (κ3) is 9.63. The molecule has 0 aliphatic rings. The Bertz CT molecular complexity index is 1160. The molecule has 196 valence electrons. The van der Waals surface area contributed by atoms with E-state index < -0.39 is 0 Å². The van der Waals surface area contributed by atoms with Gasteiger partial charge in [0.2, 0.25) is 5.88 Å². The SMILES string of the molecule is CCCON=C(c1ccccc1)c1ccc(OCCCOc2c(Cl)cc(OCC=C(Cl)Cl)cc2Cl)nc1. The Hall–Kier alpha value is -2.64. The molecule has 2 aromatic carbocycles. The molecule has 0 atom stereocenters. The van der Waals surface area contributed by atoms with Gasteiger partial charge in [-0.05, 0) is 18.6 Å². The lowest BCUT2D eigenvalue weighted by Crippen LogP contribution is -2.08. The van der Waals surface area contributed by atoms with Gasteiger partial charge in [-0.1, -0.05) is 88.8 Å². The van der Waals surface area contributed by atoms with E-state index in [4.69, 9.17) is 65.5 Å². The van der Waals surface area contributed by atoms with E-state index in [1.165, 1.54) is 6.08 Å². The maximum atomic E-state index is 6.29. The normalized spacial score (nSPS) is 11.1. The summed E-state index contributed by atoms with van der Waals surface area (Å²) in [5.41, 5.74) is 2.49. The molecule has 6 nitrogen and oxygen atoms in total. The molecular weight excluding hydrogens is 558 g/mol. The van der Waals surface area contributed by atoms with Gasteiger partial charge in [0.15, 0.2) is 5.75 Å². The van der Waals surface area contributed by atoms with Crippen LogP contribution in [-0.4, -0.2) is 37.1 Å². The van der Waals surface area contributed by atoms with Gasteiger partial charge in [-0.15, -0.1) is 0 Å². The van der Waals surface area contributed by atoms with Crippen LogP contribution < -0.4 is 14.2 Å². The van der Waals surface area contributed by atoms with Crippen LogP contribution in [0.15, 0.2) is 76.5 Å². The Kier molecular flexibility index (Phi) is 12.2. The van der Waals surface area contributed by atoms with E-state index in [2.05, 4.69) is 10.1 Å². The molecule has 0 spiro atoms. The van der Waals surface area contributed by atoms with Crippen LogP contribution in [0.5, 0.6) is 17.4 Å². The molecule has 0 aliphatic carbocycles. The first kappa shape index (κ1) is 28.9. The highest BCUT2D eigenvalue weighted by Crippen LogP contribution is 2.37. The first-order chi connectivity index (χ1) is 18.0. The lowest BCUT2D eigenvalue weighted by molar-refractivity contribution is 0.145. The first-order valence-electron chi connectivity index (χ1n) is 11.6. The third-order valence-corrected chi connectivity index (χ3v) is 5.62. The summed E-state index contributed by atoms with van der Waals surface area (Å²) in [5.74, 6) is 1.35. The molecule has 0 N–H and O–H groups in total. The second-order valence-corrected chi connectivity index (χ2v) is 9.42. The molecule has 1 aromatic heterocycles. The smallest absolute Gasteiger partial charge is 0.213 e. The van der Waals surface area contributed by atoms with E-state index in [0.29, 0.717) is 59.4 Å². The Labute approximate surface area is 236 Å². The number of pyridine rings is 1. The number of nitrogens with zero attached hydrogens (tertiary/aromatic N) is 2. The zero-order valence-electron chi connectivity index (χ0n) is 20.1. The molecule has 0 bridgehead atoms. The van der Waals surface area contributed by atoms with E-state index in [1.807, 2.05) is 43.3 Å². The van der Waals surface area contributed by atoms with E-state index in [-0.39, 0.29) is 11.1 Å². The minimum absolute atomic E-state index is 0.119. The van der Waals surface area contributed by atoms with Crippen LogP contribution in [0.1, 0.15) is 30.9 Å².